The normalized spacial score (nSPS) is 10.8. The van der Waals surface area contributed by atoms with Crippen molar-refractivity contribution in [2.75, 3.05) is 5.32 Å². The van der Waals surface area contributed by atoms with Crippen LogP contribution >= 0.6 is 27.5 Å². The van der Waals surface area contributed by atoms with Gasteiger partial charge in [-0.15, -0.1) is 0 Å². The highest BCUT2D eigenvalue weighted by atomic mass is 79.9. The van der Waals surface area contributed by atoms with E-state index in [2.05, 4.69) is 56.6 Å². The molecule has 19 heavy (non-hydrogen) atoms. The summed E-state index contributed by atoms with van der Waals surface area (Å²) < 4.78 is 0.923. The molecule has 0 spiro atoms. The Hall–Kier alpha value is -1.45. The van der Waals surface area contributed by atoms with Crippen molar-refractivity contribution in [1.82, 2.24) is 4.98 Å². The Kier molecular flexibility index (Phi) is 3.49. The van der Waals surface area contributed by atoms with Crippen LogP contribution in [0.25, 0.3) is 10.9 Å². The number of benzene rings is 2. The molecule has 0 aliphatic heterocycles. The molecule has 0 fully saturated rings. The van der Waals surface area contributed by atoms with Gasteiger partial charge in [0.2, 0.25) is 0 Å². The second-order valence-electron chi connectivity index (χ2n) is 4.38. The van der Waals surface area contributed by atoms with E-state index in [4.69, 9.17) is 11.6 Å². The van der Waals surface area contributed by atoms with E-state index in [0.717, 1.165) is 32.8 Å². The summed E-state index contributed by atoms with van der Waals surface area (Å²) in [6.07, 6.45) is 1.95. The van der Waals surface area contributed by atoms with Crippen LogP contribution in [0.3, 0.4) is 0 Å². The van der Waals surface area contributed by atoms with Crippen LogP contribution in [0.1, 0.15) is 5.56 Å². The molecule has 4 heteroatoms. The van der Waals surface area contributed by atoms with Crippen molar-refractivity contribution < 1.29 is 0 Å². The van der Waals surface area contributed by atoms with E-state index in [-0.39, 0.29) is 0 Å². The molecule has 0 aliphatic rings. The smallest absolute Gasteiger partial charge is 0.0551 e. The SMILES string of the molecule is Clc1cc(CNc2ccc3[nH]ccc3c2)ccc1Br. The molecule has 0 saturated carbocycles. The van der Waals surface area contributed by atoms with Gasteiger partial charge in [0, 0.05) is 33.8 Å². The average Bonchev–Trinajstić information content (AvgIpc) is 2.87. The molecule has 0 saturated heterocycles. The summed E-state index contributed by atoms with van der Waals surface area (Å²) in [5.74, 6) is 0. The number of anilines is 1. The largest absolute Gasteiger partial charge is 0.381 e. The molecule has 0 aliphatic carbocycles. The highest BCUT2D eigenvalue weighted by Crippen LogP contribution is 2.24. The Morgan fingerprint density at radius 2 is 2.00 bits per heavy atom. The molecule has 2 aromatic carbocycles. The monoisotopic (exact) mass is 334 g/mol. The number of hydrogen-bond donors (Lipinski definition) is 2. The lowest BCUT2D eigenvalue weighted by atomic mass is 10.2. The predicted molar refractivity (Wildman–Crippen MR) is 84.8 cm³/mol. The topological polar surface area (TPSA) is 27.8 Å². The highest BCUT2D eigenvalue weighted by Gasteiger charge is 2.00. The zero-order valence-corrected chi connectivity index (χ0v) is 12.4. The minimum Gasteiger partial charge on any atom is -0.381 e. The lowest BCUT2D eigenvalue weighted by molar-refractivity contribution is 1.15. The molecule has 0 bridgehead atoms. The van der Waals surface area contributed by atoms with Gasteiger partial charge in [0.05, 0.1) is 5.02 Å². The fourth-order valence-corrected chi connectivity index (χ4v) is 2.47. The third kappa shape index (κ3) is 2.77. The zero-order valence-electron chi connectivity index (χ0n) is 10.1. The van der Waals surface area contributed by atoms with Gasteiger partial charge in [-0.3, -0.25) is 0 Å². The third-order valence-corrected chi connectivity index (χ3v) is 4.27. The molecule has 3 aromatic rings. The molecule has 2 N–H and O–H groups in total. The third-order valence-electron chi connectivity index (χ3n) is 3.03. The Balaban J connectivity index is 1.75. The van der Waals surface area contributed by atoms with Crippen LogP contribution in [-0.2, 0) is 6.54 Å². The Morgan fingerprint density at radius 3 is 2.84 bits per heavy atom. The molecule has 1 heterocycles. The summed E-state index contributed by atoms with van der Waals surface area (Å²) in [6.45, 7) is 0.753. The number of halogens is 2. The summed E-state index contributed by atoms with van der Waals surface area (Å²) in [5.41, 5.74) is 3.41. The van der Waals surface area contributed by atoms with Gasteiger partial charge >= 0.3 is 0 Å². The number of hydrogen-bond acceptors (Lipinski definition) is 1. The molecule has 0 amide bonds. The first-order valence-corrected chi connectivity index (χ1v) is 7.14. The molecule has 0 unspecified atom stereocenters. The first-order chi connectivity index (χ1) is 9.22. The first kappa shape index (κ1) is 12.6. The molecular weight excluding hydrogens is 324 g/mol. The van der Waals surface area contributed by atoms with Crippen molar-refractivity contribution in [3.05, 3.63) is 63.7 Å². The maximum absolute atomic E-state index is 6.08. The number of aromatic amines is 1. The number of nitrogens with one attached hydrogen (secondary N) is 2. The van der Waals surface area contributed by atoms with E-state index in [0.29, 0.717) is 0 Å². The Labute approximate surface area is 124 Å². The van der Waals surface area contributed by atoms with E-state index in [1.54, 1.807) is 0 Å². The highest BCUT2D eigenvalue weighted by molar-refractivity contribution is 9.10. The van der Waals surface area contributed by atoms with Gasteiger partial charge < -0.3 is 10.3 Å². The zero-order chi connectivity index (χ0) is 13.2. The molecule has 2 nitrogen and oxygen atoms in total. The van der Waals surface area contributed by atoms with Crippen molar-refractivity contribution in [2.45, 2.75) is 6.54 Å². The van der Waals surface area contributed by atoms with E-state index in [1.165, 1.54) is 5.39 Å². The first-order valence-electron chi connectivity index (χ1n) is 5.97. The van der Waals surface area contributed by atoms with E-state index >= 15 is 0 Å². The average molecular weight is 336 g/mol. The Bertz CT molecular complexity index is 721. The standard InChI is InChI=1S/C15H12BrClN2/c16-13-3-1-10(7-14(13)17)9-19-12-2-4-15-11(8-12)5-6-18-15/h1-8,18-19H,9H2. The second-order valence-corrected chi connectivity index (χ2v) is 5.64. The summed E-state index contributed by atoms with van der Waals surface area (Å²) >= 11 is 9.47. The van der Waals surface area contributed by atoms with Crippen molar-refractivity contribution in [3.8, 4) is 0 Å². The molecule has 0 atom stereocenters. The van der Waals surface area contributed by atoms with Crippen LogP contribution in [0.4, 0.5) is 5.69 Å². The van der Waals surface area contributed by atoms with Crippen molar-refractivity contribution in [2.24, 2.45) is 0 Å². The fraction of sp³-hybridized carbons (Fsp3) is 0.0667. The lowest BCUT2D eigenvalue weighted by Gasteiger charge is -2.07. The lowest BCUT2D eigenvalue weighted by Crippen LogP contribution is -1.99. The van der Waals surface area contributed by atoms with E-state index in [9.17, 15) is 0 Å². The summed E-state index contributed by atoms with van der Waals surface area (Å²) in [4.78, 5) is 3.18. The second kappa shape index (κ2) is 5.27. The molecular formula is C15H12BrClN2. The Morgan fingerprint density at radius 1 is 1.11 bits per heavy atom. The van der Waals surface area contributed by atoms with Gasteiger partial charge in [0.25, 0.3) is 0 Å². The maximum atomic E-state index is 6.08. The van der Waals surface area contributed by atoms with Crippen LogP contribution in [0.15, 0.2) is 53.1 Å². The van der Waals surface area contributed by atoms with Crippen molar-refractivity contribution >= 4 is 44.1 Å². The quantitative estimate of drug-likeness (QED) is 0.677. The minimum absolute atomic E-state index is 0.736. The van der Waals surface area contributed by atoms with Gasteiger partial charge in [-0.05, 0) is 57.9 Å². The van der Waals surface area contributed by atoms with Gasteiger partial charge in [0.1, 0.15) is 0 Å². The number of H-pyrrole nitrogens is 1. The molecule has 1 aromatic heterocycles. The molecule has 3 rings (SSSR count). The molecule has 96 valence electrons. The van der Waals surface area contributed by atoms with Crippen molar-refractivity contribution in [3.63, 3.8) is 0 Å². The minimum atomic E-state index is 0.736. The van der Waals surface area contributed by atoms with Crippen LogP contribution in [-0.4, -0.2) is 4.98 Å². The number of aromatic nitrogens is 1. The van der Waals surface area contributed by atoms with Crippen molar-refractivity contribution in [1.29, 1.82) is 0 Å². The van der Waals surface area contributed by atoms with Crippen LogP contribution in [0.2, 0.25) is 5.02 Å². The van der Waals surface area contributed by atoms with Gasteiger partial charge in [-0.1, -0.05) is 17.7 Å². The van der Waals surface area contributed by atoms with Gasteiger partial charge in [-0.25, -0.2) is 0 Å². The maximum Gasteiger partial charge on any atom is 0.0551 e. The summed E-state index contributed by atoms with van der Waals surface area (Å²) in [5, 5.41) is 5.35. The molecule has 0 radical (unpaired) electrons. The number of fused-ring (bicyclic) bond motifs is 1. The summed E-state index contributed by atoms with van der Waals surface area (Å²) in [6, 6.07) is 14.3. The fourth-order valence-electron chi connectivity index (χ4n) is 2.02. The predicted octanol–water partition coefficient (Wildman–Crippen LogP) is 5.20. The van der Waals surface area contributed by atoms with Crippen LogP contribution in [0.5, 0.6) is 0 Å². The van der Waals surface area contributed by atoms with Crippen LogP contribution in [0, 0.1) is 0 Å². The van der Waals surface area contributed by atoms with Gasteiger partial charge in [-0.2, -0.15) is 0 Å². The van der Waals surface area contributed by atoms with E-state index < -0.39 is 0 Å². The number of rotatable bonds is 3. The van der Waals surface area contributed by atoms with E-state index in [1.807, 2.05) is 18.3 Å². The van der Waals surface area contributed by atoms with Gasteiger partial charge in [0.15, 0.2) is 0 Å². The van der Waals surface area contributed by atoms with Crippen LogP contribution < -0.4 is 5.32 Å². The summed E-state index contributed by atoms with van der Waals surface area (Å²) in [7, 11) is 0.